The molecule has 0 bridgehead atoms. The highest BCUT2D eigenvalue weighted by Gasteiger charge is 2.12. The van der Waals surface area contributed by atoms with Crippen LogP contribution in [-0.2, 0) is 0 Å². The van der Waals surface area contributed by atoms with E-state index in [0.717, 1.165) is 4.47 Å². The smallest absolute Gasteiger partial charge is 0.163 e. The van der Waals surface area contributed by atoms with Gasteiger partial charge in [-0.25, -0.2) is 4.39 Å². The molecule has 0 N–H and O–H groups in total. The molecule has 0 saturated carbocycles. The van der Waals surface area contributed by atoms with Crippen LogP contribution >= 0.6 is 31.9 Å². The maximum absolute atomic E-state index is 13.0. The Morgan fingerprint density at radius 3 is 2.42 bits per heavy atom. The molecule has 0 amide bonds. The van der Waals surface area contributed by atoms with Crippen molar-refractivity contribution < 1.29 is 13.9 Å². The number of Topliss-reactive ketones (excluding diaryl/α,β-unsaturated/α-hetero) is 1. The lowest BCUT2D eigenvalue weighted by Gasteiger charge is -2.11. The molecule has 0 unspecified atom stereocenters. The lowest BCUT2D eigenvalue weighted by Crippen LogP contribution is -1.97. The maximum Gasteiger partial charge on any atom is 0.163 e. The van der Waals surface area contributed by atoms with Gasteiger partial charge in [0.15, 0.2) is 5.78 Å². The van der Waals surface area contributed by atoms with Gasteiger partial charge in [-0.2, -0.15) is 0 Å². The number of ether oxygens (including phenoxy) is 1. The quantitative estimate of drug-likeness (QED) is 0.664. The molecule has 0 aliphatic heterocycles. The van der Waals surface area contributed by atoms with E-state index in [0.29, 0.717) is 21.5 Å². The van der Waals surface area contributed by atoms with E-state index in [9.17, 15) is 9.18 Å². The van der Waals surface area contributed by atoms with E-state index < -0.39 is 0 Å². The van der Waals surface area contributed by atoms with Crippen molar-refractivity contribution in [2.24, 2.45) is 0 Å². The van der Waals surface area contributed by atoms with Crippen molar-refractivity contribution in [3.8, 4) is 11.5 Å². The van der Waals surface area contributed by atoms with E-state index in [1.165, 1.54) is 25.1 Å². The Balaban J connectivity index is 2.40. The van der Waals surface area contributed by atoms with Gasteiger partial charge in [-0.05, 0) is 59.3 Å². The Hall–Kier alpha value is -1.20. The molecule has 0 heterocycles. The van der Waals surface area contributed by atoms with Crippen LogP contribution in [0.25, 0.3) is 0 Å². The molecule has 0 fully saturated rings. The third kappa shape index (κ3) is 3.42. The van der Waals surface area contributed by atoms with Crippen molar-refractivity contribution in [3.05, 3.63) is 56.7 Å². The highest BCUT2D eigenvalue weighted by molar-refractivity contribution is 9.10. The van der Waals surface area contributed by atoms with E-state index in [4.69, 9.17) is 4.74 Å². The summed E-state index contributed by atoms with van der Waals surface area (Å²) in [5.74, 6) is 0.422. The second-order valence-corrected chi connectivity index (χ2v) is 5.64. The average molecular weight is 388 g/mol. The maximum atomic E-state index is 13.0. The summed E-state index contributed by atoms with van der Waals surface area (Å²) < 4.78 is 19.9. The molecule has 0 spiro atoms. The zero-order valence-corrected chi connectivity index (χ0v) is 13.1. The van der Waals surface area contributed by atoms with Gasteiger partial charge >= 0.3 is 0 Å². The molecule has 98 valence electrons. The van der Waals surface area contributed by atoms with Crippen molar-refractivity contribution in [3.63, 3.8) is 0 Å². The summed E-state index contributed by atoms with van der Waals surface area (Å²) in [5.41, 5.74) is 0.464. The van der Waals surface area contributed by atoms with Gasteiger partial charge in [-0.15, -0.1) is 0 Å². The monoisotopic (exact) mass is 386 g/mol. The molecule has 0 atom stereocenters. The number of benzene rings is 2. The van der Waals surface area contributed by atoms with Gasteiger partial charge < -0.3 is 4.74 Å². The summed E-state index contributed by atoms with van der Waals surface area (Å²) in [5, 5.41) is 0. The van der Waals surface area contributed by atoms with E-state index in [1.54, 1.807) is 18.2 Å². The summed E-state index contributed by atoms with van der Waals surface area (Å²) in [6, 6.07) is 9.27. The predicted octanol–water partition coefficient (Wildman–Crippen LogP) is 5.35. The molecule has 5 heteroatoms. The van der Waals surface area contributed by atoms with Gasteiger partial charge in [0.05, 0.1) is 10.0 Å². The standard InChI is InChI=1S/C14H9Br2FO2/c1-8(18)11-6-9(15)2-4-13(11)19-14-5-3-10(17)7-12(14)16/h2-7H,1H3. The molecule has 0 aliphatic carbocycles. The van der Waals surface area contributed by atoms with Crippen LogP contribution in [0.15, 0.2) is 45.3 Å². The highest BCUT2D eigenvalue weighted by atomic mass is 79.9. The van der Waals surface area contributed by atoms with E-state index in [1.807, 2.05) is 0 Å². The fraction of sp³-hybridized carbons (Fsp3) is 0.0714. The van der Waals surface area contributed by atoms with Gasteiger partial charge in [0.25, 0.3) is 0 Å². The SMILES string of the molecule is CC(=O)c1cc(Br)ccc1Oc1ccc(F)cc1Br. The van der Waals surface area contributed by atoms with Crippen LogP contribution in [-0.4, -0.2) is 5.78 Å². The van der Waals surface area contributed by atoms with Crippen molar-refractivity contribution in [2.45, 2.75) is 6.92 Å². The zero-order valence-electron chi connectivity index (χ0n) is 9.91. The number of ketones is 1. The Morgan fingerprint density at radius 1 is 1.11 bits per heavy atom. The first-order valence-electron chi connectivity index (χ1n) is 5.41. The Labute approximate surface area is 126 Å². The normalized spacial score (nSPS) is 10.3. The third-order valence-corrected chi connectivity index (χ3v) is 3.55. The molecule has 0 aliphatic rings. The Bertz CT molecular complexity index is 641. The summed E-state index contributed by atoms with van der Waals surface area (Å²) in [4.78, 5) is 11.6. The van der Waals surface area contributed by atoms with Gasteiger partial charge in [-0.3, -0.25) is 4.79 Å². The van der Waals surface area contributed by atoms with Crippen LogP contribution in [0, 0.1) is 5.82 Å². The predicted molar refractivity (Wildman–Crippen MR) is 78.3 cm³/mol. The number of rotatable bonds is 3. The fourth-order valence-electron chi connectivity index (χ4n) is 1.54. The Morgan fingerprint density at radius 2 is 1.79 bits per heavy atom. The van der Waals surface area contributed by atoms with Gasteiger partial charge in [0.1, 0.15) is 17.3 Å². The minimum absolute atomic E-state index is 0.102. The van der Waals surface area contributed by atoms with Crippen LogP contribution in [0.4, 0.5) is 4.39 Å². The van der Waals surface area contributed by atoms with Gasteiger partial charge in [0, 0.05) is 4.47 Å². The largest absolute Gasteiger partial charge is 0.455 e. The van der Waals surface area contributed by atoms with E-state index in [-0.39, 0.29) is 11.6 Å². The van der Waals surface area contributed by atoms with Crippen molar-refractivity contribution in [2.75, 3.05) is 0 Å². The van der Waals surface area contributed by atoms with Gasteiger partial charge in [-0.1, -0.05) is 15.9 Å². The molecule has 2 aromatic carbocycles. The first-order valence-corrected chi connectivity index (χ1v) is 6.99. The van der Waals surface area contributed by atoms with E-state index >= 15 is 0 Å². The second kappa shape index (κ2) is 5.84. The third-order valence-electron chi connectivity index (χ3n) is 2.43. The molecule has 0 saturated heterocycles. The Kier molecular flexibility index (Phi) is 4.37. The van der Waals surface area contributed by atoms with Crippen molar-refractivity contribution in [1.82, 2.24) is 0 Å². The first kappa shape index (κ1) is 14.2. The minimum Gasteiger partial charge on any atom is -0.455 e. The molecule has 2 aromatic rings. The molecule has 0 aromatic heterocycles. The lowest BCUT2D eigenvalue weighted by molar-refractivity contribution is 0.101. The van der Waals surface area contributed by atoms with Crippen LogP contribution in [0.2, 0.25) is 0 Å². The number of halogens is 3. The summed E-state index contributed by atoms with van der Waals surface area (Å²) in [6.07, 6.45) is 0. The first-order chi connectivity index (χ1) is 8.97. The number of hydrogen-bond donors (Lipinski definition) is 0. The average Bonchev–Trinajstić information content (AvgIpc) is 2.34. The topological polar surface area (TPSA) is 26.3 Å². The number of carbonyl (C=O) groups excluding carboxylic acids is 1. The van der Waals surface area contributed by atoms with Crippen LogP contribution in [0.3, 0.4) is 0 Å². The molecule has 19 heavy (non-hydrogen) atoms. The van der Waals surface area contributed by atoms with Crippen LogP contribution < -0.4 is 4.74 Å². The molecular formula is C14H9Br2FO2. The zero-order chi connectivity index (χ0) is 14.0. The van der Waals surface area contributed by atoms with Crippen molar-refractivity contribution in [1.29, 1.82) is 0 Å². The molecule has 0 radical (unpaired) electrons. The van der Waals surface area contributed by atoms with Crippen LogP contribution in [0.5, 0.6) is 11.5 Å². The van der Waals surface area contributed by atoms with Crippen molar-refractivity contribution >= 4 is 37.6 Å². The van der Waals surface area contributed by atoms with Gasteiger partial charge in [0.2, 0.25) is 0 Å². The lowest BCUT2D eigenvalue weighted by atomic mass is 10.1. The minimum atomic E-state index is -0.359. The summed E-state index contributed by atoms with van der Waals surface area (Å²) >= 11 is 6.53. The number of carbonyl (C=O) groups is 1. The molecular weight excluding hydrogens is 379 g/mol. The summed E-state index contributed by atoms with van der Waals surface area (Å²) in [6.45, 7) is 1.47. The molecule has 2 nitrogen and oxygen atoms in total. The van der Waals surface area contributed by atoms with Crippen LogP contribution in [0.1, 0.15) is 17.3 Å². The molecule has 2 rings (SSSR count). The number of hydrogen-bond acceptors (Lipinski definition) is 2. The highest BCUT2D eigenvalue weighted by Crippen LogP contribution is 2.33. The van der Waals surface area contributed by atoms with E-state index in [2.05, 4.69) is 31.9 Å². The second-order valence-electron chi connectivity index (χ2n) is 3.87. The fourth-order valence-corrected chi connectivity index (χ4v) is 2.34. The summed E-state index contributed by atoms with van der Waals surface area (Å²) in [7, 11) is 0.